The van der Waals surface area contributed by atoms with Crippen LogP contribution >= 0.6 is 34.3 Å². The summed E-state index contributed by atoms with van der Waals surface area (Å²) in [6, 6.07) is 3.72. The van der Waals surface area contributed by atoms with Crippen molar-refractivity contribution in [1.82, 2.24) is 10.3 Å². The van der Waals surface area contributed by atoms with Crippen LogP contribution in [-0.2, 0) is 0 Å². The molecule has 108 valence electrons. The van der Waals surface area contributed by atoms with Crippen molar-refractivity contribution < 1.29 is 9.90 Å². The van der Waals surface area contributed by atoms with Gasteiger partial charge in [-0.05, 0) is 32.4 Å². The van der Waals surface area contributed by atoms with Crippen molar-refractivity contribution in [2.45, 2.75) is 26.4 Å². The van der Waals surface area contributed by atoms with Crippen LogP contribution in [0.2, 0.25) is 4.34 Å². The lowest BCUT2D eigenvalue weighted by Crippen LogP contribution is -2.26. The van der Waals surface area contributed by atoms with Gasteiger partial charge < -0.3 is 10.4 Å². The Morgan fingerprint density at radius 1 is 1.50 bits per heavy atom. The molecule has 0 saturated heterocycles. The SMILES string of the molecule is Cc1nc(-c2ccc(Cl)s2)sc1C(=O)NCCC(C)O. The van der Waals surface area contributed by atoms with Crippen LogP contribution in [0.4, 0.5) is 0 Å². The van der Waals surface area contributed by atoms with E-state index in [2.05, 4.69) is 10.3 Å². The molecule has 0 fully saturated rings. The fraction of sp³-hybridized carbons (Fsp3) is 0.385. The van der Waals surface area contributed by atoms with Gasteiger partial charge in [0.25, 0.3) is 5.91 Å². The van der Waals surface area contributed by atoms with E-state index in [1.54, 1.807) is 6.92 Å². The van der Waals surface area contributed by atoms with Crippen molar-refractivity contribution in [3.63, 3.8) is 0 Å². The maximum absolute atomic E-state index is 12.1. The Balaban J connectivity index is 2.09. The number of nitrogens with zero attached hydrogens (tertiary/aromatic N) is 1. The third-order valence-corrected chi connectivity index (χ3v) is 5.19. The number of rotatable bonds is 5. The summed E-state index contributed by atoms with van der Waals surface area (Å²) in [6.07, 6.45) is 0.124. The molecule has 1 unspecified atom stereocenters. The highest BCUT2D eigenvalue weighted by molar-refractivity contribution is 7.24. The number of thiophene rings is 1. The average molecular weight is 331 g/mol. The number of aliphatic hydroxyl groups excluding tert-OH is 1. The number of hydrogen-bond acceptors (Lipinski definition) is 5. The molecule has 1 atom stereocenters. The first-order chi connectivity index (χ1) is 9.47. The fourth-order valence-electron chi connectivity index (χ4n) is 1.62. The van der Waals surface area contributed by atoms with Crippen molar-refractivity contribution in [3.8, 4) is 9.88 Å². The van der Waals surface area contributed by atoms with Crippen LogP contribution in [0.5, 0.6) is 0 Å². The molecule has 0 aromatic carbocycles. The Hall–Kier alpha value is -0.950. The van der Waals surface area contributed by atoms with Crippen molar-refractivity contribution in [1.29, 1.82) is 0 Å². The van der Waals surface area contributed by atoms with E-state index in [-0.39, 0.29) is 5.91 Å². The van der Waals surface area contributed by atoms with Crippen LogP contribution in [0.25, 0.3) is 9.88 Å². The van der Waals surface area contributed by atoms with Gasteiger partial charge in [-0.2, -0.15) is 0 Å². The summed E-state index contributed by atoms with van der Waals surface area (Å²) in [4.78, 5) is 18.0. The molecule has 0 aliphatic heterocycles. The lowest BCUT2D eigenvalue weighted by Gasteiger charge is -2.05. The molecule has 20 heavy (non-hydrogen) atoms. The molecule has 2 rings (SSSR count). The first-order valence-electron chi connectivity index (χ1n) is 6.16. The Labute approximate surface area is 130 Å². The molecule has 0 bridgehead atoms. The van der Waals surface area contributed by atoms with Crippen LogP contribution in [0.15, 0.2) is 12.1 Å². The molecule has 0 aliphatic carbocycles. The zero-order valence-corrected chi connectivity index (χ0v) is 13.5. The number of carbonyl (C=O) groups excluding carboxylic acids is 1. The van der Waals surface area contributed by atoms with Crippen LogP contribution in [0, 0.1) is 6.92 Å². The Kier molecular flexibility index (Phi) is 5.15. The van der Waals surface area contributed by atoms with E-state index < -0.39 is 6.10 Å². The standard InChI is InChI=1S/C13H15ClN2O2S2/c1-7(17)5-6-15-12(18)11-8(2)16-13(20-11)9-3-4-10(14)19-9/h3-4,7,17H,5-6H2,1-2H3,(H,15,18). The first kappa shape index (κ1) is 15.4. The van der Waals surface area contributed by atoms with Gasteiger partial charge in [0.05, 0.1) is 21.0 Å². The highest BCUT2D eigenvalue weighted by Gasteiger charge is 2.16. The number of thiazole rings is 1. The van der Waals surface area contributed by atoms with Gasteiger partial charge in [-0.1, -0.05) is 11.6 Å². The summed E-state index contributed by atoms with van der Waals surface area (Å²) in [5.74, 6) is -0.144. The van der Waals surface area contributed by atoms with Gasteiger partial charge in [-0.3, -0.25) is 4.79 Å². The summed E-state index contributed by atoms with van der Waals surface area (Å²) in [5.41, 5.74) is 0.712. The normalized spacial score (nSPS) is 12.4. The minimum atomic E-state index is -0.415. The number of nitrogens with one attached hydrogen (secondary N) is 1. The number of hydrogen-bond donors (Lipinski definition) is 2. The van der Waals surface area contributed by atoms with Crippen LogP contribution in [0.1, 0.15) is 28.7 Å². The Morgan fingerprint density at radius 2 is 2.25 bits per heavy atom. The van der Waals surface area contributed by atoms with Gasteiger partial charge in [0, 0.05) is 6.54 Å². The molecule has 0 radical (unpaired) electrons. The number of halogens is 1. The van der Waals surface area contributed by atoms with E-state index in [1.165, 1.54) is 22.7 Å². The monoisotopic (exact) mass is 330 g/mol. The molecule has 2 N–H and O–H groups in total. The number of amides is 1. The second-order valence-electron chi connectivity index (χ2n) is 4.43. The highest BCUT2D eigenvalue weighted by atomic mass is 35.5. The highest BCUT2D eigenvalue weighted by Crippen LogP contribution is 2.34. The molecule has 4 nitrogen and oxygen atoms in total. The molecule has 0 aliphatic rings. The second-order valence-corrected chi connectivity index (χ2v) is 7.15. The summed E-state index contributed by atoms with van der Waals surface area (Å²) in [5, 5.41) is 12.8. The molecule has 1 amide bonds. The van der Waals surface area contributed by atoms with Crippen molar-refractivity contribution in [3.05, 3.63) is 27.0 Å². The summed E-state index contributed by atoms with van der Waals surface area (Å²) in [6.45, 7) is 3.97. The molecule has 7 heteroatoms. The molecule has 0 saturated carbocycles. The summed E-state index contributed by atoms with van der Waals surface area (Å²) < 4.78 is 0.704. The Morgan fingerprint density at radius 3 is 2.85 bits per heavy atom. The lowest BCUT2D eigenvalue weighted by molar-refractivity contribution is 0.0949. The number of aliphatic hydroxyl groups is 1. The number of aromatic nitrogens is 1. The third kappa shape index (κ3) is 3.79. The van der Waals surface area contributed by atoms with E-state index >= 15 is 0 Å². The predicted octanol–water partition coefficient (Wildman–Crippen LogP) is 3.33. The maximum Gasteiger partial charge on any atom is 0.263 e. The molecular weight excluding hydrogens is 316 g/mol. The minimum Gasteiger partial charge on any atom is -0.393 e. The second kappa shape index (κ2) is 6.67. The number of carbonyl (C=O) groups is 1. The molecular formula is C13H15ClN2O2S2. The van der Waals surface area contributed by atoms with Crippen LogP contribution < -0.4 is 5.32 Å². The van der Waals surface area contributed by atoms with Crippen LogP contribution in [-0.4, -0.2) is 28.6 Å². The topological polar surface area (TPSA) is 62.2 Å². The van der Waals surface area contributed by atoms with E-state index in [0.29, 0.717) is 27.9 Å². The molecule has 2 heterocycles. The zero-order valence-electron chi connectivity index (χ0n) is 11.1. The van der Waals surface area contributed by atoms with E-state index in [9.17, 15) is 9.90 Å². The van der Waals surface area contributed by atoms with E-state index in [1.807, 2.05) is 19.1 Å². The first-order valence-corrected chi connectivity index (χ1v) is 8.18. The van der Waals surface area contributed by atoms with Gasteiger partial charge in [0.1, 0.15) is 9.88 Å². The Bertz CT molecular complexity index is 607. The van der Waals surface area contributed by atoms with Gasteiger partial charge in [-0.25, -0.2) is 4.98 Å². The van der Waals surface area contributed by atoms with Crippen molar-refractivity contribution in [2.75, 3.05) is 6.54 Å². The van der Waals surface area contributed by atoms with E-state index in [4.69, 9.17) is 11.6 Å². The average Bonchev–Trinajstić information content (AvgIpc) is 2.95. The van der Waals surface area contributed by atoms with Gasteiger partial charge in [0.2, 0.25) is 0 Å². The maximum atomic E-state index is 12.1. The van der Waals surface area contributed by atoms with Gasteiger partial charge in [0.15, 0.2) is 0 Å². The smallest absolute Gasteiger partial charge is 0.263 e. The van der Waals surface area contributed by atoms with Crippen LogP contribution in [0.3, 0.4) is 0 Å². The van der Waals surface area contributed by atoms with Crippen molar-refractivity contribution >= 4 is 40.2 Å². The predicted molar refractivity (Wildman–Crippen MR) is 83.8 cm³/mol. The van der Waals surface area contributed by atoms with Gasteiger partial charge in [-0.15, -0.1) is 22.7 Å². The molecule has 2 aromatic heterocycles. The largest absolute Gasteiger partial charge is 0.393 e. The molecule has 0 spiro atoms. The summed E-state index contributed by atoms with van der Waals surface area (Å²) >= 11 is 8.71. The third-order valence-electron chi connectivity index (χ3n) is 2.63. The molecule has 2 aromatic rings. The summed E-state index contributed by atoms with van der Waals surface area (Å²) in [7, 11) is 0. The van der Waals surface area contributed by atoms with E-state index in [0.717, 1.165) is 9.88 Å². The lowest BCUT2D eigenvalue weighted by atomic mass is 10.3. The quantitative estimate of drug-likeness (QED) is 0.884. The number of aryl methyl sites for hydroxylation is 1. The van der Waals surface area contributed by atoms with Gasteiger partial charge >= 0.3 is 0 Å². The minimum absolute atomic E-state index is 0.144. The van der Waals surface area contributed by atoms with Crippen molar-refractivity contribution in [2.24, 2.45) is 0 Å². The fourth-order valence-corrected chi connectivity index (χ4v) is 3.70. The zero-order chi connectivity index (χ0) is 14.7.